The van der Waals surface area contributed by atoms with Crippen LogP contribution in [-0.4, -0.2) is 19.0 Å². The van der Waals surface area contributed by atoms with E-state index >= 15 is 0 Å². The highest BCUT2D eigenvalue weighted by Gasteiger charge is 2.17. The normalized spacial score (nSPS) is 15.0. The molecule has 3 nitrogen and oxygen atoms in total. The van der Waals surface area contributed by atoms with E-state index in [2.05, 4.69) is 13.8 Å². The Labute approximate surface area is 81.3 Å². The minimum Gasteiger partial charge on any atom is -0.353 e. The van der Waals surface area contributed by atoms with E-state index in [0.29, 0.717) is 5.92 Å². The van der Waals surface area contributed by atoms with Crippen LogP contribution >= 0.6 is 0 Å². The molecule has 0 aliphatic carbocycles. The third kappa shape index (κ3) is 8.22. The van der Waals surface area contributed by atoms with E-state index in [9.17, 15) is 0 Å². The fourth-order valence-electron chi connectivity index (χ4n) is 0.758. The second kappa shape index (κ2) is 5.58. The van der Waals surface area contributed by atoms with E-state index in [4.69, 9.17) is 14.5 Å². The van der Waals surface area contributed by atoms with Crippen molar-refractivity contribution in [3.8, 4) is 0 Å². The van der Waals surface area contributed by atoms with Gasteiger partial charge in [0.15, 0.2) is 6.29 Å². The van der Waals surface area contributed by atoms with Crippen LogP contribution in [-0.2, 0) is 14.5 Å². The zero-order chi connectivity index (χ0) is 10.5. The van der Waals surface area contributed by atoms with Crippen molar-refractivity contribution in [1.82, 2.24) is 0 Å². The first-order valence-electron chi connectivity index (χ1n) is 4.72. The number of ether oxygens (including phenoxy) is 1. The molecule has 1 unspecified atom stereocenters. The first kappa shape index (κ1) is 12.9. The van der Waals surface area contributed by atoms with Crippen LogP contribution in [0, 0.1) is 5.92 Å². The lowest BCUT2D eigenvalue weighted by Gasteiger charge is -2.23. The maximum Gasteiger partial charge on any atom is 0.191 e. The summed E-state index contributed by atoms with van der Waals surface area (Å²) in [6, 6.07) is 0. The summed E-state index contributed by atoms with van der Waals surface area (Å²) in [5.74, 6) is 0.536. The lowest BCUT2D eigenvalue weighted by atomic mass is 10.1. The molecule has 80 valence electrons. The summed E-state index contributed by atoms with van der Waals surface area (Å²) < 4.78 is 5.11. The van der Waals surface area contributed by atoms with E-state index in [1.807, 2.05) is 20.8 Å². The van der Waals surface area contributed by atoms with Crippen LogP contribution in [0.1, 0.15) is 41.0 Å². The van der Waals surface area contributed by atoms with Crippen molar-refractivity contribution in [1.29, 1.82) is 0 Å². The van der Waals surface area contributed by atoms with Crippen LogP contribution in [0.15, 0.2) is 0 Å². The van der Waals surface area contributed by atoms with Crippen molar-refractivity contribution in [3.05, 3.63) is 0 Å². The van der Waals surface area contributed by atoms with E-state index in [0.717, 1.165) is 6.42 Å². The van der Waals surface area contributed by atoms with Gasteiger partial charge in [0.05, 0.1) is 5.60 Å². The van der Waals surface area contributed by atoms with Crippen molar-refractivity contribution < 1.29 is 14.5 Å². The Balaban J connectivity index is 3.72. The third-order valence-corrected chi connectivity index (χ3v) is 1.33. The molecule has 13 heavy (non-hydrogen) atoms. The summed E-state index contributed by atoms with van der Waals surface area (Å²) in [7, 11) is 1.62. The van der Waals surface area contributed by atoms with Gasteiger partial charge in [0.1, 0.15) is 0 Å². The van der Waals surface area contributed by atoms with Gasteiger partial charge in [-0.2, -0.15) is 0 Å². The van der Waals surface area contributed by atoms with Gasteiger partial charge >= 0.3 is 0 Å². The fourth-order valence-corrected chi connectivity index (χ4v) is 0.758. The Kier molecular flexibility index (Phi) is 5.53. The van der Waals surface area contributed by atoms with Crippen molar-refractivity contribution in [2.45, 2.75) is 52.9 Å². The van der Waals surface area contributed by atoms with Crippen molar-refractivity contribution >= 4 is 0 Å². The molecule has 0 spiro atoms. The summed E-state index contributed by atoms with van der Waals surface area (Å²) >= 11 is 0. The highest BCUT2D eigenvalue weighted by atomic mass is 17.2. The van der Waals surface area contributed by atoms with Gasteiger partial charge in [-0.3, -0.25) is 0 Å². The number of methoxy groups -OCH3 is 1. The molecule has 0 saturated carbocycles. The Bertz CT molecular complexity index is 127. The Morgan fingerprint density at radius 3 is 2.00 bits per heavy atom. The zero-order valence-corrected chi connectivity index (χ0v) is 9.59. The molecule has 0 rings (SSSR count). The van der Waals surface area contributed by atoms with Gasteiger partial charge in [0.2, 0.25) is 0 Å². The second-order valence-electron chi connectivity index (χ2n) is 4.59. The maximum absolute atomic E-state index is 5.16. The molecule has 0 N–H and O–H groups in total. The number of hydrogen-bond acceptors (Lipinski definition) is 3. The molecular formula is C10H22O3. The predicted octanol–water partition coefficient (Wildman–Crippen LogP) is 2.75. The van der Waals surface area contributed by atoms with Crippen LogP contribution in [0.3, 0.4) is 0 Å². The first-order valence-corrected chi connectivity index (χ1v) is 4.72. The largest absolute Gasteiger partial charge is 0.353 e. The smallest absolute Gasteiger partial charge is 0.191 e. The van der Waals surface area contributed by atoms with Crippen LogP contribution in [0.25, 0.3) is 0 Å². The minimum atomic E-state index is -0.284. The minimum absolute atomic E-state index is 0.265. The highest BCUT2D eigenvalue weighted by Crippen LogP contribution is 2.14. The number of rotatable bonds is 5. The Morgan fingerprint density at radius 1 is 1.15 bits per heavy atom. The molecule has 0 amide bonds. The molecule has 0 aliphatic heterocycles. The molecule has 0 saturated heterocycles. The van der Waals surface area contributed by atoms with Gasteiger partial charge in [-0.25, -0.2) is 9.78 Å². The topological polar surface area (TPSA) is 27.7 Å². The predicted molar refractivity (Wildman–Crippen MR) is 52.2 cm³/mol. The third-order valence-electron chi connectivity index (χ3n) is 1.33. The highest BCUT2D eigenvalue weighted by molar-refractivity contribution is 4.55. The van der Waals surface area contributed by atoms with Crippen molar-refractivity contribution in [2.24, 2.45) is 5.92 Å². The molecule has 0 fully saturated rings. The lowest BCUT2D eigenvalue weighted by Crippen LogP contribution is -2.26. The first-order chi connectivity index (χ1) is 5.85. The van der Waals surface area contributed by atoms with Crippen LogP contribution < -0.4 is 0 Å². The van der Waals surface area contributed by atoms with Crippen LogP contribution in [0.2, 0.25) is 0 Å². The SMILES string of the molecule is COC(CC(C)C)OOC(C)(C)C. The Hall–Kier alpha value is -0.120. The molecule has 0 aliphatic rings. The summed E-state index contributed by atoms with van der Waals surface area (Å²) in [5.41, 5.74) is -0.284. The second-order valence-corrected chi connectivity index (χ2v) is 4.59. The molecule has 0 aromatic heterocycles. The van der Waals surface area contributed by atoms with Gasteiger partial charge < -0.3 is 4.74 Å². The number of hydrogen-bond donors (Lipinski definition) is 0. The van der Waals surface area contributed by atoms with Gasteiger partial charge in [-0.1, -0.05) is 13.8 Å². The van der Waals surface area contributed by atoms with Gasteiger partial charge in [-0.15, -0.1) is 0 Å². The average Bonchev–Trinajstić information content (AvgIpc) is 1.95. The molecule has 0 bridgehead atoms. The van der Waals surface area contributed by atoms with Gasteiger partial charge in [-0.05, 0) is 26.7 Å². The Morgan fingerprint density at radius 2 is 1.69 bits per heavy atom. The van der Waals surface area contributed by atoms with Gasteiger partial charge in [0.25, 0.3) is 0 Å². The molecule has 0 radical (unpaired) electrons. The fraction of sp³-hybridized carbons (Fsp3) is 1.00. The molecule has 0 aromatic rings. The quantitative estimate of drug-likeness (QED) is 0.379. The summed E-state index contributed by atoms with van der Waals surface area (Å²) in [6.45, 7) is 10.1. The lowest BCUT2D eigenvalue weighted by molar-refractivity contribution is -0.414. The van der Waals surface area contributed by atoms with E-state index in [1.165, 1.54) is 0 Å². The summed E-state index contributed by atoms with van der Waals surface area (Å²) in [6.07, 6.45) is 0.575. The zero-order valence-electron chi connectivity index (χ0n) is 9.59. The maximum atomic E-state index is 5.16. The summed E-state index contributed by atoms with van der Waals surface area (Å²) in [5, 5.41) is 0. The van der Waals surface area contributed by atoms with Crippen LogP contribution in [0.5, 0.6) is 0 Å². The summed E-state index contributed by atoms with van der Waals surface area (Å²) in [4.78, 5) is 10.3. The van der Waals surface area contributed by atoms with E-state index in [1.54, 1.807) is 7.11 Å². The molecule has 3 heteroatoms. The molecular weight excluding hydrogens is 168 g/mol. The van der Waals surface area contributed by atoms with E-state index in [-0.39, 0.29) is 11.9 Å². The monoisotopic (exact) mass is 190 g/mol. The average molecular weight is 190 g/mol. The molecule has 0 heterocycles. The molecule has 1 atom stereocenters. The van der Waals surface area contributed by atoms with Crippen molar-refractivity contribution in [3.63, 3.8) is 0 Å². The van der Waals surface area contributed by atoms with Crippen LogP contribution in [0.4, 0.5) is 0 Å². The standard InChI is InChI=1S/C10H22O3/c1-8(2)7-9(11-6)12-13-10(3,4)5/h8-9H,7H2,1-6H3. The molecule has 0 aromatic carbocycles. The van der Waals surface area contributed by atoms with Gasteiger partial charge in [0, 0.05) is 13.5 Å². The van der Waals surface area contributed by atoms with Crippen molar-refractivity contribution in [2.75, 3.05) is 7.11 Å². The van der Waals surface area contributed by atoms with E-state index < -0.39 is 0 Å².